The van der Waals surface area contributed by atoms with Gasteiger partial charge in [-0.15, -0.1) is 0 Å². The molecule has 0 aliphatic carbocycles. The van der Waals surface area contributed by atoms with Gasteiger partial charge in [0.15, 0.2) is 0 Å². The van der Waals surface area contributed by atoms with Crippen LogP contribution in [-0.2, 0) is 9.53 Å². The summed E-state index contributed by atoms with van der Waals surface area (Å²) in [5.74, 6) is -0.510. The molecule has 1 N–H and O–H groups in total. The predicted octanol–water partition coefficient (Wildman–Crippen LogP) is 5.89. The maximum atomic E-state index is 13.8. The number of hydrogen-bond donors (Lipinski definition) is 1. The van der Waals surface area contributed by atoms with Gasteiger partial charge in [0.1, 0.15) is 6.10 Å². The second-order valence-corrected chi connectivity index (χ2v) is 12.5. The van der Waals surface area contributed by atoms with Crippen molar-refractivity contribution in [1.82, 2.24) is 5.32 Å². The summed E-state index contributed by atoms with van der Waals surface area (Å²) in [5.41, 5.74) is 0.791. The summed E-state index contributed by atoms with van der Waals surface area (Å²) < 4.78 is 5.97. The lowest BCUT2D eigenvalue weighted by molar-refractivity contribution is -0.160. The number of ether oxygens (including phenoxy) is 1. The van der Waals surface area contributed by atoms with Gasteiger partial charge < -0.3 is 10.1 Å². The quantitative estimate of drug-likeness (QED) is 0.231. The zero-order valence-corrected chi connectivity index (χ0v) is 23.2. The van der Waals surface area contributed by atoms with Gasteiger partial charge >= 0.3 is 5.97 Å². The van der Waals surface area contributed by atoms with E-state index in [1.807, 2.05) is 119 Å². The highest BCUT2D eigenvalue weighted by Gasteiger charge is 2.31. The van der Waals surface area contributed by atoms with Gasteiger partial charge in [0.05, 0.1) is 11.5 Å². The zero-order chi connectivity index (χ0) is 27.1. The number of hydrogen-bond acceptors (Lipinski definition) is 3. The Morgan fingerprint density at radius 1 is 0.711 bits per heavy atom. The Morgan fingerprint density at radius 2 is 1.18 bits per heavy atom. The Labute approximate surface area is 226 Å². The molecule has 0 saturated heterocycles. The minimum absolute atomic E-state index is 0.194. The van der Waals surface area contributed by atoms with Crippen LogP contribution in [0.4, 0.5) is 0 Å². The van der Waals surface area contributed by atoms with Crippen LogP contribution in [-0.4, -0.2) is 17.9 Å². The van der Waals surface area contributed by atoms with E-state index in [1.54, 1.807) is 0 Å². The van der Waals surface area contributed by atoms with Crippen molar-refractivity contribution in [3.05, 3.63) is 126 Å². The van der Waals surface area contributed by atoms with Crippen LogP contribution in [0.2, 0.25) is 0 Å². The molecule has 0 aromatic heterocycles. The van der Waals surface area contributed by atoms with Crippen LogP contribution in [0.1, 0.15) is 49.7 Å². The van der Waals surface area contributed by atoms with Crippen molar-refractivity contribution in [3.8, 4) is 0 Å². The molecule has 0 bridgehead atoms. The number of nitrogens with one attached hydrogen (secondary N) is 1. The fourth-order valence-corrected chi connectivity index (χ4v) is 6.64. The van der Waals surface area contributed by atoms with E-state index < -0.39 is 25.5 Å². The smallest absolute Gasteiger partial charge is 0.311 e. The van der Waals surface area contributed by atoms with E-state index in [2.05, 4.69) is 29.6 Å². The third-order valence-corrected chi connectivity index (χ3v) is 8.71. The molecule has 4 aromatic rings. The molecule has 0 radical (unpaired) electrons. The summed E-state index contributed by atoms with van der Waals surface area (Å²) in [6.07, 6.45) is -0.621. The van der Waals surface area contributed by atoms with Gasteiger partial charge in [0.25, 0.3) is 5.91 Å². The van der Waals surface area contributed by atoms with Crippen molar-refractivity contribution in [2.45, 2.75) is 39.8 Å². The fraction of sp³-hybridized carbons (Fsp3) is 0.212. The monoisotopic (exact) mass is 523 g/mol. The molecule has 4 rings (SSSR count). The second-order valence-electron chi connectivity index (χ2n) is 10.3. The minimum atomic E-state index is -0.959. The van der Waals surface area contributed by atoms with E-state index in [0.717, 1.165) is 10.9 Å². The van der Waals surface area contributed by atoms with E-state index in [0.29, 0.717) is 5.56 Å². The van der Waals surface area contributed by atoms with Gasteiger partial charge in [-0.25, -0.2) is 0 Å². The molecule has 1 amide bonds. The van der Waals surface area contributed by atoms with Gasteiger partial charge in [-0.2, -0.15) is 0 Å². The molecule has 4 aromatic carbocycles. The normalized spacial score (nSPS) is 13.0. The summed E-state index contributed by atoms with van der Waals surface area (Å²) in [7, 11) is -0.959. The van der Waals surface area contributed by atoms with Crippen molar-refractivity contribution < 1.29 is 14.3 Å². The van der Waals surface area contributed by atoms with Gasteiger partial charge in [-0.3, -0.25) is 9.59 Å². The molecule has 4 nitrogen and oxygen atoms in total. The largest absolute Gasteiger partial charge is 0.455 e. The molecule has 0 aliphatic rings. The van der Waals surface area contributed by atoms with Gasteiger partial charge in [-0.05, 0) is 63.2 Å². The van der Waals surface area contributed by atoms with E-state index in [1.165, 1.54) is 10.6 Å². The molecule has 0 saturated carbocycles. The number of carbonyl (C=O) groups is 2. The van der Waals surface area contributed by atoms with Gasteiger partial charge in [0, 0.05) is 5.56 Å². The first-order valence-corrected chi connectivity index (χ1v) is 14.2. The molecule has 194 valence electrons. The molecule has 0 aliphatic heterocycles. The van der Waals surface area contributed by atoms with Crippen LogP contribution in [0.15, 0.2) is 115 Å². The molecule has 0 spiro atoms. The Bertz CT molecular complexity index is 1310. The summed E-state index contributed by atoms with van der Waals surface area (Å²) in [5, 5.41) is 6.46. The van der Waals surface area contributed by atoms with Gasteiger partial charge in [0.2, 0.25) is 0 Å². The van der Waals surface area contributed by atoms with Crippen LogP contribution in [0.3, 0.4) is 0 Å². The highest BCUT2D eigenvalue weighted by Crippen LogP contribution is 2.34. The first-order chi connectivity index (χ1) is 18.3. The number of amides is 1. The van der Waals surface area contributed by atoms with Crippen molar-refractivity contribution in [3.63, 3.8) is 0 Å². The number of rotatable bonds is 8. The van der Waals surface area contributed by atoms with Crippen LogP contribution in [0, 0.1) is 5.41 Å². The first-order valence-electron chi connectivity index (χ1n) is 12.8. The molecule has 0 unspecified atom stereocenters. The fourth-order valence-electron chi connectivity index (χ4n) is 4.20. The Balaban J connectivity index is 1.68. The maximum absolute atomic E-state index is 13.8. The highest BCUT2D eigenvalue weighted by molar-refractivity contribution is 7.80. The Morgan fingerprint density at radius 3 is 1.71 bits per heavy atom. The summed E-state index contributed by atoms with van der Waals surface area (Å²) in [4.78, 5) is 26.7. The summed E-state index contributed by atoms with van der Waals surface area (Å²) in [6.45, 7) is 7.36. The first kappa shape index (κ1) is 27.3. The lowest BCUT2D eigenvalue weighted by Crippen LogP contribution is -2.41. The van der Waals surface area contributed by atoms with Crippen molar-refractivity contribution in [2.24, 2.45) is 5.41 Å². The lowest BCUT2D eigenvalue weighted by Gasteiger charge is -2.29. The topological polar surface area (TPSA) is 55.4 Å². The number of esters is 1. The zero-order valence-electron chi connectivity index (χ0n) is 22.3. The van der Waals surface area contributed by atoms with Crippen LogP contribution < -0.4 is 21.2 Å². The molecule has 0 heterocycles. The van der Waals surface area contributed by atoms with Crippen molar-refractivity contribution >= 4 is 35.7 Å². The van der Waals surface area contributed by atoms with Crippen LogP contribution in [0.25, 0.3) is 0 Å². The van der Waals surface area contributed by atoms with E-state index in [-0.39, 0.29) is 11.9 Å². The van der Waals surface area contributed by atoms with Crippen LogP contribution >= 0.6 is 7.92 Å². The summed E-state index contributed by atoms with van der Waals surface area (Å²) >= 11 is 0. The van der Waals surface area contributed by atoms with E-state index in [9.17, 15) is 9.59 Å². The van der Waals surface area contributed by atoms with Crippen molar-refractivity contribution in [2.75, 3.05) is 0 Å². The van der Waals surface area contributed by atoms with Crippen molar-refractivity contribution in [1.29, 1.82) is 0 Å². The summed E-state index contributed by atoms with van der Waals surface area (Å²) in [6, 6.07) is 37.5. The molecule has 38 heavy (non-hydrogen) atoms. The standard InChI is InChI=1S/C33H34NO3P/c1-24(30(25-16-8-5-9-17-25)37-32(36)33(2,3)4)34-31(35)28-22-14-15-23-29(28)38(26-18-10-6-11-19-26)27-20-12-7-13-21-27/h5-24,30H,1-4H3,(H,34,35)/t24-,30-/m0/s1. The average molecular weight is 524 g/mol. The van der Waals surface area contributed by atoms with E-state index in [4.69, 9.17) is 4.74 Å². The molecular weight excluding hydrogens is 489 g/mol. The molecule has 5 heteroatoms. The SMILES string of the molecule is C[C@H](NC(=O)c1ccccc1P(c1ccccc1)c1ccccc1)[C@H](OC(=O)C(C)(C)C)c1ccccc1. The predicted molar refractivity (Wildman–Crippen MR) is 157 cm³/mol. The third kappa shape index (κ3) is 6.57. The highest BCUT2D eigenvalue weighted by atomic mass is 31.1. The van der Waals surface area contributed by atoms with Crippen LogP contribution in [0.5, 0.6) is 0 Å². The molecular formula is C33H34NO3P. The average Bonchev–Trinajstić information content (AvgIpc) is 2.93. The maximum Gasteiger partial charge on any atom is 0.311 e. The lowest BCUT2D eigenvalue weighted by atomic mass is 9.96. The molecule has 0 fully saturated rings. The molecule has 2 atom stereocenters. The second kappa shape index (κ2) is 12.2. The van der Waals surface area contributed by atoms with Gasteiger partial charge in [-0.1, -0.05) is 109 Å². The number of carbonyl (C=O) groups excluding carboxylic acids is 2. The van der Waals surface area contributed by atoms with E-state index >= 15 is 0 Å². The Kier molecular flexibility index (Phi) is 8.76. The Hall–Kier alpha value is -3.75. The third-order valence-electron chi connectivity index (χ3n) is 6.21. The minimum Gasteiger partial charge on any atom is -0.455 e. The number of benzene rings is 4.